The molecule has 1 radical (unpaired) electrons. The first-order valence-electron chi connectivity index (χ1n) is 1.55. The maximum absolute atomic E-state index is 9.40. The molecule has 0 aromatic rings. The lowest BCUT2D eigenvalue weighted by atomic mass is 10.8. The topological polar surface area (TPSA) is 46.2 Å². The van der Waals surface area contributed by atoms with Gasteiger partial charge in [-0.05, 0) is 0 Å². The predicted molar refractivity (Wildman–Crippen MR) is 17.6 cm³/mol. The quantitative estimate of drug-likeness (QED) is 0.348. The molecule has 0 spiro atoms. The van der Waals surface area contributed by atoms with E-state index in [1.54, 1.807) is 0 Å². The minimum atomic E-state index is -0.348. The molecule has 0 N–H and O–H groups in total. The molecule has 0 aromatic heterocycles. The molecule has 0 atom stereocenters. The van der Waals surface area contributed by atoms with Crippen molar-refractivity contribution < 1.29 is 14.6 Å². The first-order valence-corrected chi connectivity index (χ1v) is 1.55. The summed E-state index contributed by atoms with van der Waals surface area (Å²) in [5.41, 5.74) is 0. The van der Waals surface area contributed by atoms with E-state index in [1.807, 2.05) is 0 Å². The van der Waals surface area contributed by atoms with E-state index in [4.69, 9.17) is 0 Å². The van der Waals surface area contributed by atoms with Crippen molar-refractivity contribution in [3.05, 3.63) is 0 Å². The summed E-state index contributed by atoms with van der Waals surface area (Å²) in [6, 6.07) is 0. The molecule has 0 saturated carbocycles. The lowest BCUT2D eigenvalue weighted by Crippen LogP contribution is -1.93. The Hall–Kier alpha value is -0.570. The maximum Gasteiger partial charge on any atom is 0.293 e. The van der Waals surface area contributed by atoms with E-state index < -0.39 is 0 Å². The van der Waals surface area contributed by atoms with Crippen molar-refractivity contribution in [1.29, 1.82) is 0 Å². The first kappa shape index (κ1) is 5.43. The summed E-state index contributed by atoms with van der Waals surface area (Å²) in [5, 5.41) is 9.40. The Kier molecular flexibility index (Phi) is 4.01. The zero-order chi connectivity index (χ0) is 4.83. The van der Waals surface area contributed by atoms with Gasteiger partial charge < -0.3 is 4.74 Å². The molecule has 0 aliphatic carbocycles. The van der Waals surface area contributed by atoms with E-state index in [0.717, 1.165) is 0 Å². The number of hydrogen-bond donors (Lipinski definition) is 0. The molecular formula is C3H5O3. The average molecular weight is 89.1 g/mol. The molecule has 3 heteroatoms. The van der Waals surface area contributed by atoms with Crippen LogP contribution in [0.5, 0.6) is 0 Å². The van der Waals surface area contributed by atoms with E-state index in [0.29, 0.717) is 0 Å². The van der Waals surface area contributed by atoms with Gasteiger partial charge in [0.2, 0.25) is 0 Å². The van der Waals surface area contributed by atoms with Crippen molar-refractivity contribution in [1.82, 2.24) is 0 Å². The lowest BCUT2D eigenvalue weighted by Gasteiger charge is -1.84. The van der Waals surface area contributed by atoms with Crippen LogP contribution in [0, 0.1) is 0 Å². The fourth-order valence-corrected chi connectivity index (χ4v) is 0.0962. The molecule has 0 unspecified atom stereocenters. The standard InChI is InChI=1S/C3H5O3/c4-1-2-6-3-5/h3H,1-2H2. The molecule has 0 bridgehead atoms. The summed E-state index contributed by atoms with van der Waals surface area (Å²) in [6.45, 7) is -0.0971. The van der Waals surface area contributed by atoms with E-state index in [-0.39, 0.29) is 19.7 Å². The van der Waals surface area contributed by atoms with Crippen molar-refractivity contribution in [2.45, 2.75) is 0 Å². The Balaban J connectivity index is 2.49. The third kappa shape index (κ3) is 3.43. The second-order valence-corrected chi connectivity index (χ2v) is 0.671. The van der Waals surface area contributed by atoms with Gasteiger partial charge in [-0.25, -0.2) is 5.11 Å². The van der Waals surface area contributed by atoms with Gasteiger partial charge in [-0.2, -0.15) is 0 Å². The average Bonchev–Trinajstić information content (AvgIpc) is 1.61. The van der Waals surface area contributed by atoms with Crippen LogP contribution < -0.4 is 0 Å². The normalized spacial score (nSPS) is 7.50. The van der Waals surface area contributed by atoms with Gasteiger partial charge in [-0.1, -0.05) is 0 Å². The highest BCUT2D eigenvalue weighted by atomic mass is 16.5. The third-order valence-electron chi connectivity index (χ3n) is 0.269. The molecular weight excluding hydrogens is 84.0 g/mol. The Labute approximate surface area is 35.5 Å². The van der Waals surface area contributed by atoms with Gasteiger partial charge in [0.05, 0.1) is 0 Å². The Morgan fingerprint density at radius 3 is 2.50 bits per heavy atom. The number of rotatable bonds is 3. The van der Waals surface area contributed by atoms with Gasteiger partial charge in [0.1, 0.15) is 13.2 Å². The fraction of sp³-hybridized carbons (Fsp3) is 0.667. The van der Waals surface area contributed by atoms with Crippen molar-refractivity contribution in [3.63, 3.8) is 0 Å². The van der Waals surface area contributed by atoms with Crippen LogP contribution in [0.15, 0.2) is 0 Å². The van der Waals surface area contributed by atoms with Gasteiger partial charge in [-0.15, -0.1) is 0 Å². The van der Waals surface area contributed by atoms with Crippen LogP contribution in [0.4, 0.5) is 0 Å². The van der Waals surface area contributed by atoms with Crippen LogP contribution in [-0.4, -0.2) is 19.7 Å². The second kappa shape index (κ2) is 4.43. The van der Waals surface area contributed by atoms with Gasteiger partial charge in [0, 0.05) is 0 Å². The number of carbonyl (C=O) groups excluding carboxylic acids is 1. The zero-order valence-corrected chi connectivity index (χ0v) is 3.22. The molecule has 0 heterocycles. The molecule has 3 nitrogen and oxygen atoms in total. The van der Waals surface area contributed by atoms with Crippen LogP contribution in [0.1, 0.15) is 0 Å². The van der Waals surface area contributed by atoms with E-state index in [1.165, 1.54) is 0 Å². The van der Waals surface area contributed by atoms with Crippen LogP contribution in [0.3, 0.4) is 0 Å². The number of hydrogen-bond acceptors (Lipinski definition) is 2. The van der Waals surface area contributed by atoms with Crippen molar-refractivity contribution in [2.24, 2.45) is 0 Å². The van der Waals surface area contributed by atoms with Gasteiger partial charge in [-0.3, -0.25) is 4.79 Å². The largest absolute Gasteiger partial charge is 0.465 e. The third-order valence-corrected chi connectivity index (χ3v) is 0.269. The van der Waals surface area contributed by atoms with E-state index in [9.17, 15) is 9.90 Å². The SMILES string of the molecule is [O]CCOC=O. The van der Waals surface area contributed by atoms with E-state index in [2.05, 4.69) is 4.74 Å². The minimum absolute atomic E-state index is 0.0104. The molecule has 0 aliphatic rings. The van der Waals surface area contributed by atoms with E-state index >= 15 is 0 Å². The lowest BCUT2D eigenvalue weighted by molar-refractivity contribution is -0.130. The smallest absolute Gasteiger partial charge is 0.293 e. The number of ether oxygens (including phenoxy) is 1. The highest BCUT2D eigenvalue weighted by Gasteiger charge is 1.74. The van der Waals surface area contributed by atoms with Gasteiger partial charge >= 0.3 is 0 Å². The highest BCUT2D eigenvalue weighted by Crippen LogP contribution is 1.60. The molecule has 0 fully saturated rings. The molecule has 0 amide bonds. The van der Waals surface area contributed by atoms with Gasteiger partial charge in [0.15, 0.2) is 0 Å². The summed E-state index contributed by atoms with van der Waals surface area (Å²) >= 11 is 0. The molecule has 6 heavy (non-hydrogen) atoms. The first-order chi connectivity index (χ1) is 2.91. The van der Waals surface area contributed by atoms with Crippen LogP contribution in [0.25, 0.3) is 0 Å². The summed E-state index contributed by atoms with van der Waals surface area (Å²) in [7, 11) is 0. The Morgan fingerprint density at radius 2 is 2.33 bits per heavy atom. The predicted octanol–water partition coefficient (Wildman–Crippen LogP) is -0.410. The second-order valence-electron chi connectivity index (χ2n) is 0.671. The Bertz CT molecular complexity index is 35.0. The summed E-state index contributed by atoms with van der Waals surface area (Å²) in [4.78, 5) is 9.20. The molecule has 0 saturated heterocycles. The molecule has 35 valence electrons. The highest BCUT2D eigenvalue weighted by molar-refractivity contribution is 5.36. The summed E-state index contributed by atoms with van der Waals surface area (Å²) in [6.07, 6.45) is 0. The summed E-state index contributed by atoms with van der Waals surface area (Å²) in [5.74, 6) is 0. The monoisotopic (exact) mass is 89.0 g/mol. The molecule has 0 aromatic carbocycles. The fourth-order valence-electron chi connectivity index (χ4n) is 0.0962. The van der Waals surface area contributed by atoms with Gasteiger partial charge in [0.25, 0.3) is 6.47 Å². The van der Waals surface area contributed by atoms with Crippen molar-refractivity contribution in [2.75, 3.05) is 13.2 Å². The summed E-state index contributed by atoms with van der Waals surface area (Å²) < 4.78 is 3.99. The molecule has 0 aliphatic heterocycles. The van der Waals surface area contributed by atoms with Crippen molar-refractivity contribution in [3.8, 4) is 0 Å². The maximum atomic E-state index is 9.40. The number of carbonyl (C=O) groups is 1. The van der Waals surface area contributed by atoms with Crippen LogP contribution in [0.2, 0.25) is 0 Å². The van der Waals surface area contributed by atoms with Crippen LogP contribution in [-0.2, 0) is 14.6 Å². The Morgan fingerprint density at radius 1 is 1.67 bits per heavy atom. The van der Waals surface area contributed by atoms with Crippen LogP contribution >= 0.6 is 0 Å². The minimum Gasteiger partial charge on any atom is -0.465 e. The van der Waals surface area contributed by atoms with Crippen molar-refractivity contribution >= 4 is 6.47 Å². The molecule has 0 rings (SSSR count). The zero-order valence-electron chi connectivity index (χ0n) is 3.22.